The highest BCUT2D eigenvalue weighted by Gasteiger charge is 2.28. The zero-order valence-electron chi connectivity index (χ0n) is 13.0. The van der Waals surface area contributed by atoms with Gasteiger partial charge in [0.25, 0.3) is 0 Å². The third-order valence-electron chi connectivity index (χ3n) is 4.61. The van der Waals surface area contributed by atoms with E-state index in [1.165, 1.54) is 6.42 Å². The number of tetrazole rings is 1. The smallest absolute Gasteiger partial charge is 0.182 e. The van der Waals surface area contributed by atoms with E-state index in [4.69, 9.17) is 5.73 Å². The van der Waals surface area contributed by atoms with Crippen molar-refractivity contribution < 1.29 is 0 Å². The minimum Gasteiger partial charge on any atom is -0.398 e. The average Bonchev–Trinajstić information content (AvgIpc) is 2.90. The molecule has 1 aliphatic carbocycles. The lowest BCUT2D eigenvalue weighted by Gasteiger charge is -2.31. The summed E-state index contributed by atoms with van der Waals surface area (Å²) in [6.07, 6.45) is 3.58. The Morgan fingerprint density at radius 2 is 1.86 bits per heavy atom. The molecule has 1 fully saturated rings. The van der Waals surface area contributed by atoms with E-state index in [0.717, 1.165) is 47.3 Å². The highest BCUT2D eigenvalue weighted by Crippen LogP contribution is 2.37. The molecule has 2 atom stereocenters. The van der Waals surface area contributed by atoms with Gasteiger partial charge in [0.1, 0.15) is 0 Å². The van der Waals surface area contributed by atoms with Crippen LogP contribution in [-0.4, -0.2) is 20.2 Å². The molecule has 0 amide bonds. The molecule has 0 saturated heterocycles. The summed E-state index contributed by atoms with van der Waals surface area (Å²) >= 11 is 0. The fourth-order valence-electron chi connectivity index (χ4n) is 3.62. The molecular weight excluding hydrogens is 262 g/mol. The van der Waals surface area contributed by atoms with E-state index in [2.05, 4.69) is 29.4 Å². The largest absolute Gasteiger partial charge is 0.398 e. The lowest BCUT2D eigenvalue weighted by atomic mass is 9.80. The van der Waals surface area contributed by atoms with E-state index in [1.54, 1.807) is 0 Å². The van der Waals surface area contributed by atoms with Crippen LogP contribution >= 0.6 is 0 Å². The molecule has 5 heteroatoms. The number of benzene rings is 1. The van der Waals surface area contributed by atoms with Crippen LogP contribution in [0, 0.1) is 18.8 Å². The number of nitrogen functional groups attached to an aromatic ring is 1. The quantitative estimate of drug-likeness (QED) is 0.860. The van der Waals surface area contributed by atoms with Gasteiger partial charge in [-0.15, -0.1) is 5.10 Å². The summed E-state index contributed by atoms with van der Waals surface area (Å²) in [6.45, 7) is 6.66. The van der Waals surface area contributed by atoms with Crippen LogP contribution in [0.4, 0.5) is 5.69 Å². The Morgan fingerprint density at radius 3 is 2.57 bits per heavy atom. The van der Waals surface area contributed by atoms with Crippen LogP contribution in [0.2, 0.25) is 0 Å². The van der Waals surface area contributed by atoms with Crippen LogP contribution < -0.4 is 5.73 Å². The van der Waals surface area contributed by atoms with Crippen LogP contribution in [0.3, 0.4) is 0 Å². The highest BCUT2D eigenvalue weighted by atomic mass is 15.5. The standard InChI is InChI=1S/C16H23N5/c1-10-7-11(2)9-13(8-10)21-16(18-19-20-21)14-5-4-6-15(17)12(14)3/h4-6,10-11,13H,7-9,17H2,1-3H3. The zero-order valence-corrected chi connectivity index (χ0v) is 13.0. The number of aromatic nitrogens is 4. The normalized spacial score (nSPS) is 26.0. The molecule has 1 aromatic carbocycles. The molecule has 3 rings (SSSR count). The van der Waals surface area contributed by atoms with Gasteiger partial charge >= 0.3 is 0 Å². The predicted molar refractivity (Wildman–Crippen MR) is 83.6 cm³/mol. The van der Waals surface area contributed by atoms with Crippen LogP contribution in [0.1, 0.15) is 44.7 Å². The van der Waals surface area contributed by atoms with Crippen LogP contribution in [0.5, 0.6) is 0 Å². The molecule has 1 aromatic heterocycles. The van der Waals surface area contributed by atoms with E-state index < -0.39 is 0 Å². The third kappa shape index (κ3) is 2.64. The van der Waals surface area contributed by atoms with Crippen molar-refractivity contribution in [2.45, 2.75) is 46.1 Å². The SMILES string of the molecule is Cc1c(N)cccc1-c1nnnn1C1CC(C)CC(C)C1. The summed E-state index contributed by atoms with van der Waals surface area (Å²) in [7, 11) is 0. The van der Waals surface area contributed by atoms with Crippen LogP contribution in [0.25, 0.3) is 11.4 Å². The molecule has 21 heavy (non-hydrogen) atoms. The summed E-state index contributed by atoms with van der Waals surface area (Å²) in [5.41, 5.74) is 8.89. The first-order chi connectivity index (χ1) is 10.1. The Labute approximate surface area is 125 Å². The Bertz CT molecular complexity index is 623. The molecule has 0 bridgehead atoms. The molecule has 112 valence electrons. The number of anilines is 1. The molecule has 2 N–H and O–H groups in total. The van der Waals surface area contributed by atoms with E-state index in [-0.39, 0.29) is 0 Å². The van der Waals surface area contributed by atoms with E-state index >= 15 is 0 Å². The first kappa shape index (κ1) is 14.0. The second-order valence-corrected chi connectivity index (χ2v) is 6.54. The molecule has 0 aliphatic heterocycles. The molecule has 0 radical (unpaired) electrons. The van der Waals surface area contributed by atoms with Gasteiger partial charge < -0.3 is 5.73 Å². The van der Waals surface area contributed by atoms with Crippen molar-refractivity contribution in [2.24, 2.45) is 11.8 Å². The van der Waals surface area contributed by atoms with Gasteiger partial charge in [0.2, 0.25) is 0 Å². The number of rotatable bonds is 2. The second-order valence-electron chi connectivity index (χ2n) is 6.54. The minimum atomic E-state index is 0.384. The van der Waals surface area contributed by atoms with Gasteiger partial charge in [-0.05, 0) is 60.1 Å². The summed E-state index contributed by atoms with van der Waals surface area (Å²) in [5, 5.41) is 12.4. The summed E-state index contributed by atoms with van der Waals surface area (Å²) < 4.78 is 2.01. The Morgan fingerprint density at radius 1 is 1.14 bits per heavy atom. The molecule has 2 aromatic rings. The van der Waals surface area contributed by atoms with Crippen LogP contribution in [-0.2, 0) is 0 Å². The molecule has 1 saturated carbocycles. The molecule has 2 unspecified atom stereocenters. The van der Waals surface area contributed by atoms with Crippen molar-refractivity contribution in [3.8, 4) is 11.4 Å². The number of nitrogens with two attached hydrogens (primary N) is 1. The first-order valence-corrected chi connectivity index (χ1v) is 7.69. The topological polar surface area (TPSA) is 69.6 Å². The van der Waals surface area contributed by atoms with Gasteiger partial charge in [0.15, 0.2) is 5.82 Å². The van der Waals surface area contributed by atoms with Crippen molar-refractivity contribution in [3.05, 3.63) is 23.8 Å². The summed E-state index contributed by atoms with van der Waals surface area (Å²) in [4.78, 5) is 0. The van der Waals surface area contributed by atoms with Crippen molar-refractivity contribution in [1.29, 1.82) is 0 Å². The van der Waals surface area contributed by atoms with E-state index in [1.807, 2.05) is 29.8 Å². The fourth-order valence-corrected chi connectivity index (χ4v) is 3.62. The maximum atomic E-state index is 6.02. The molecular formula is C16H23N5. The van der Waals surface area contributed by atoms with Gasteiger partial charge in [0, 0.05) is 11.3 Å². The van der Waals surface area contributed by atoms with Gasteiger partial charge in [-0.1, -0.05) is 26.0 Å². The Hall–Kier alpha value is -1.91. The number of hydrogen-bond acceptors (Lipinski definition) is 4. The van der Waals surface area contributed by atoms with Gasteiger partial charge in [-0.2, -0.15) is 0 Å². The lowest BCUT2D eigenvalue weighted by Crippen LogP contribution is -2.24. The van der Waals surface area contributed by atoms with Crippen molar-refractivity contribution >= 4 is 5.69 Å². The van der Waals surface area contributed by atoms with E-state index in [0.29, 0.717) is 6.04 Å². The van der Waals surface area contributed by atoms with Gasteiger partial charge in [-0.3, -0.25) is 0 Å². The van der Waals surface area contributed by atoms with E-state index in [9.17, 15) is 0 Å². The molecule has 1 heterocycles. The molecule has 1 aliphatic rings. The Balaban J connectivity index is 1.99. The minimum absolute atomic E-state index is 0.384. The predicted octanol–water partition coefficient (Wildman–Crippen LogP) is 3.23. The number of hydrogen-bond donors (Lipinski definition) is 1. The average molecular weight is 285 g/mol. The van der Waals surface area contributed by atoms with Crippen molar-refractivity contribution in [1.82, 2.24) is 20.2 Å². The second kappa shape index (κ2) is 5.47. The lowest BCUT2D eigenvalue weighted by molar-refractivity contribution is 0.209. The third-order valence-corrected chi connectivity index (χ3v) is 4.61. The van der Waals surface area contributed by atoms with Crippen molar-refractivity contribution in [3.63, 3.8) is 0 Å². The molecule has 5 nitrogen and oxygen atoms in total. The number of nitrogens with zero attached hydrogens (tertiary/aromatic N) is 4. The van der Waals surface area contributed by atoms with Gasteiger partial charge in [0.05, 0.1) is 6.04 Å². The van der Waals surface area contributed by atoms with Crippen molar-refractivity contribution in [2.75, 3.05) is 5.73 Å². The summed E-state index contributed by atoms with van der Waals surface area (Å²) in [5.74, 6) is 2.28. The molecule has 0 spiro atoms. The maximum Gasteiger partial charge on any atom is 0.182 e. The zero-order chi connectivity index (χ0) is 15.0. The monoisotopic (exact) mass is 285 g/mol. The Kier molecular flexibility index (Phi) is 3.66. The van der Waals surface area contributed by atoms with Gasteiger partial charge in [-0.25, -0.2) is 4.68 Å². The first-order valence-electron chi connectivity index (χ1n) is 7.69. The highest BCUT2D eigenvalue weighted by molar-refractivity contribution is 5.67. The maximum absolute atomic E-state index is 6.02. The fraction of sp³-hybridized carbons (Fsp3) is 0.562. The summed E-state index contributed by atoms with van der Waals surface area (Å²) in [6, 6.07) is 6.30. The van der Waals surface area contributed by atoms with Crippen LogP contribution in [0.15, 0.2) is 18.2 Å².